The van der Waals surface area contributed by atoms with Gasteiger partial charge in [-0.3, -0.25) is 0 Å². The van der Waals surface area contributed by atoms with E-state index < -0.39 is 17.7 Å². The summed E-state index contributed by atoms with van der Waals surface area (Å²) < 4.78 is 23.9. The fourth-order valence-corrected chi connectivity index (χ4v) is 3.77. The van der Waals surface area contributed by atoms with Crippen LogP contribution in [0.2, 0.25) is 0 Å². The molecule has 0 saturated carbocycles. The summed E-state index contributed by atoms with van der Waals surface area (Å²) in [6.45, 7) is 3.33. The summed E-state index contributed by atoms with van der Waals surface area (Å²) >= 11 is 0. The Labute approximate surface area is 215 Å². The lowest BCUT2D eigenvalue weighted by atomic mass is 9.95. The maximum Gasteiger partial charge on any atom is 0.414 e. The maximum absolute atomic E-state index is 9.10. The number of carboxylic acids is 2. The molecule has 3 aromatic carbocycles. The zero-order valence-electron chi connectivity index (χ0n) is 20.5. The average Bonchev–Trinajstić information content (AvgIpc) is 2.94. The second-order valence-electron chi connectivity index (χ2n) is 8.15. The molecule has 0 aliphatic carbocycles. The van der Waals surface area contributed by atoms with E-state index in [1.165, 1.54) is 0 Å². The van der Waals surface area contributed by atoms with E-state index >= 15 is 0 Å². The van der Waals surface area contributed by atoms with Gasteiger partial charge in [0, 0.05) is 30.1 Å². The van der Waals surface area contributed by atoms with Crippen LogP contribution in [0, 0.1) is 5.92 Å². The predicted octanol–water partition coefficient (Wildman–Crippen LogP) is 3.38. The molecule has 0 atom stereocenters. The minimum Gasteiger partial charge on any atom is -0.493 e. The minimum atomic E-state index is -1.82. The molecule has 0 aromatic heterocycles. The number of rotatable bonds is 9. The van der Waals surface area contributed by atoms with Crippen molar-refractivity contribution in [2.75, 3.05) is 40.0 Å². The number of methoxy groups -OCH3 is 1. The summed E-state index contributed by atoms with van der Waals surface area (Å²) in [6.07, 6.45) is 0. The Balaban J connectivity index is 0.000000568. The summed E-state index contributed by atoms with van der Waals surface area (Å²) in [7, 11) is 1.65. The molecule has 37 heavy (non-hydrogen) atoms. The largest absolute Gasteiger partial charge is 0.493 e. The van der Waals surface area contributed by atoms with Crippen LogP contribution < -0.4 is 14.8 Å². The molecular formula is C28H31NO8. The maximum atomic E-state index is 9.10. The van der Waals surface area contributed by atoms with Crippen molar-refractivity contribution in [3.63, 3.8) is 0 Å². The summed E-state index contributed by atoms with van der Waals surface area (Å²) in [5.41, 5.74) is 2.02. The topological polar surface area (TPSA) is 124 Å². The van der Waals surface area contributed by atoms with E-state index in [2.05, 4.69) is 29.6 Å². The Morgan fingerprint density at radius 3 is 1.81 bits per heavy atom. The van der Waals surface area contributed by atoms with Crippen LogP contribution in [0.25, 0.3) is 0 Å². The SMILES string of the molecule is COc1ccccc1OCCNCC1COC(c2ccccc2)(c2ccccc2)OC1.O=C(O)C(=O)O. The Bertz CT molecular complexity index is 1060. The molecule has 1 saturated heterocycles. The van der Waals surface area contributed by atoms with Gasteiger partial charge in [-0.15, -0.1) is 0 Å². The highest BCUT2D eigenvalue weighted by Crippen LogP contribution is 2.38. The van der Waals surface area contributed by atoms with Gasteiger partial charge in [0.1, 0.15) is 6.61 Å². The van der Waals surface area contributed by atoms with Gasteiger partial charge in [0.15, 0.2) is 11.5 Å². The monoisotopic (exact) mass is 509 g/mol. The van der Waals surface area contributed by atoms with E-state index in [0.717, 1.165) is 35.7 Å². The number of nitrogens with one attached hydrogen (secondary N) is 1. The van der Waals surface area contributed by atoms with Crippen molar-refractivity contribution in [1.29, 1.82) is 0 Å². The first-order valence-electron chi connectivity index (χ1n) is 11.8. The summed E-state index contributed by atoms with van der Waals surface area (Å²) in [6, 6.07) is 28.0. The lowest BCUT2D eigenvalue weighted by Crippen LogP contribution is -2.45. The molecule has 0 amide bonds. The van der Waals surface area contributed by atoms with Crippen LogP contribution in [0.3, 0.4) is 0 Å². The van der Waals surface area contributed by atoms with E-state index in [1.54, 1.807) is 7.11 Å². The second-order valence-corrected chi connectivity index (χ2v) is 8.15. The zero-order valence-corrected chi connectivity index (χ0v) is 20.5. The first-order valence-corrected chi connectivity index (χ1v) is 11.8. The molecule has 9 heteroatoms. The molecule has 4 rings (SSSR count). The minimum absolute atomic E-state index is 0.270. The van der Waals surface area contributed by atoms with Crippen LogP contribution in [0.5, 0.6) is 11.5 Å². The number of hydrogen-bond acceptors (Lipinski definition) is 7. The van der Waals surface area contributed by atoms with E-state index in [-0.39, 0.29) is 5.92 Å². The number of ether oxygens (including phenoxy) is 4. The van der Waals surface area contributed by atoms with Crippen molar-refractivity contribution in [3.8, 4) is 11.5 Å². The number of carbonyl (C=O) groups is 2. The molecule has 1 heterocycles. The predicted molar refractivity (Wildman–Crippen MR) is 136 cm³/mol. The molecule has 0 spiro atoms. The van der Waals surface area contributed by atoms with Crippen molar-refractivity contribution in [2.24, 2.45) is 5.92 Å². The normalized spacial score (nSPS) is 14.6. The van der Waals surface area contributed by atoms with Gasteiger partial charge in [-0.25, -0.2) is 9.59 Å². The number of carboxylic acid groups (broad SMARTS) is 2. The van der Waals surface area contributed by atoms with E-state index in [1.807, 2.05) is 60.7 Å². The molecule has 1 fully saturated rings. The quantitative estimate of drug-likeness (QED) is 0.294. The van der Waals surface area contributed by atoms with Gasteiger partial charge >= 0.3 is 11.9 Å². The van der Waals surface area contributed by atoms with Gasteiger partial charge in [0.05, 0.1) is 20.3 Å². The average molecular weight is 510 g/mol. The molecule has 9 nitrogen and oxygen atoms in total. The first kappa shape index (κ1) is 27.7. The van der Waals surface area contributed by atoms with Crippen LogP contribution in [0.1, 0.15) is 11.1 Å². The summed E-state index contributed by atoms with van der Waals surface area (Å²) in [5, 5.41) is 18.2. The molecule has 0 bridgehead atoms. The fourth-order valence-electron chi connectivity index (χ4n) is 3.77. The van der Waals surface area contributed by atoms with Gasteiger partial charge < -0.3 is 34.5 Å². The third kappa shape index (κ3) is 7.78. The lowest BCUT2D eigenvalue weighted by molar-refractivity contribution is -0.266. The Morgan fingerprint density at radius 1 is 0.838 bits per heavy atom. The lowest BCUT2D eigenvalue weighted by Gasteiger charge is -2.41. The van der Waals surface area contributed by atoms with E-state index in [9.17, 15) is 0 Å². The number of hydrogen-bond donors (Lipinski definition) is 3. The molecule has 1 aliphatic heterocycles. The van der Waals surface area contributed by atoms with Crippen molar-refractivity contribution < 1.29 is 38.7 Å². The van der Waals surface area contributed by atoms with E-state index in [4.69, 9.17) is 38.7 Å². The standard InChI is InChI=1S/C26H29NO4.C2H2O4/c1-28-24-14-8-9-15-25(24)29-17-16-27-18-21-19-30-26(31-20-21,22-10-4-2-5-11-22)23-12-6-3-7-13-23;3-1(4)2(5)6/h2-15,21,27H,16-20H2,1H3;(H,3,4)(H,5,6). The molecule has 3 N–H and O–H groups in total. The summed E-state index contributed by atoms with van der Waals surface area (Å²) in [4.78, 5) is 18.2. The Hall–Kier alpha value is -3.92. The Morgan fingerprint density at radius 2 is 1.32 bits per heavy atom. The third-order valence-electron chi connectivity index (χ3n) is 5.57. The van der Waals surface area contributed by atoms with Crippen molar-refractivity contribution in [2.45, 2.75) is 5.79 Å². The van der Waals surface area contributed by atoms with Gasteiger partial charge in [-0.05, 0) is 12.1 Å². The number of para-hydroxylation sites is 2. The molecule has 196 valence electrons. The molecule has 3 aromatic rings. The van der Waals surface area contributed by atoms with Crippen LogP contribution in [-0.4, -0.2) is 62.2 Å². The highest BCUT2D eigenvalue weighted by atomic mass is 16.7. The van der Waals surface area contributed by atoms with Crippen LogP contribution in [0.15, 0.2) is 84.9 Å². The molecule has 1 aliphatic rings. The van der Waals surface area contributed by atoms with Crippen molar-refractivity contribution in [3.05, 3.63) is 96.1 Å². The molecule has 0 radical (unpaired) electrons. The van der Waals surface area contributed by atoms with Crippen LogP contribution in [-0.2, 0) is 24.8 Å². The number of benzene rings is 3. The first-order chi connectivity index (χ1) is 18.0. The van der Waals surface area contributed by atoms with Gasteiger partial charge in [0.2, 0.25) is 5.79 Å². The second kappa shape index (κ2) is 14.0. The van der Waals surface area contributed by atoms with E-state index in [0.29, 0.717) is 19.8 Å². The highest BCUT2D eigenvalue weighted by molar-refractivity contribution is 6.27. The van der Waals surface area contributed by atoms with Crippen LogP contribution >= 0.6 is 0 Å². The van der Waals surface area contributed by atoms with Crippen LogP contribution in [0.4, 0.5) is 0 Å². The van der Waals surface area contributed by atoms with Crippen molar-refractivity contribution in [1.82, 2.24) is 5.32 Å². The van der Waals surface area contributed by atoms with Gasteiger partial charge in [-0.1, -0.05) is 72.8 Å². The smallest absolute Gasteiger partial charge is 0.414 e. The van der Waals surface area contributed by atoms with Gasteiger partial charge in [0.25, 0.3) is 0 Å². The fraction of sp³-hybridized carbons (Fsp3) is 0.286. The van der Waals surface area contributed by atoms with Gasteiger partial charge in [-0.2, -0.15) is 0 Å². The number of aliphatic carboxylic acids is 2. The summed E-state index contributed by atoms with van der Waals surface area (Å²) in [5.74, 6) is -2.73. The highest BCUT2D eigenvalue weighted by Gasteiger charge is 2.41. The molecule has 0 unspecified atom stereocenters. The Kier molecular flexibility index (Phi) is 10.5. The molecular weight excluding hydrogens is 478 g/mol. The third-order valence-corrected chi connectivity index (χ3v) is 5.57. The zero-order chi connectivity index (χ0) is 26.5. The van der Waals surface area contributed by atoms with Crippen molar-refractivity contribution >= 4 is 11.9 Å².